The number of hydrogen-bond donors (Lipinski definition) is 2. The topological polar surface area (TPSA) is 150 Å². The summed E-state index contributed by atoms with van der Waals surface area (Å²) >= 11 is 0. The maximum Gasteiger partial charge on any atom is 0.268 e. The van der Waals surface area contributed by atoms with Crippen LogP contribution >= 0.6 is 0 Å². The molecule has 0 aromatic carbocycles. The molecule has 9 saturated heterocycles. The van der Waals surface area contributed by atoms with E-state index in [0.29, 0.717) is 25.2 Å². The van der Waals surface area contributed by atoms with Gasteiger partial charge in [-0.15, -0.1) is 0 Å². The quantitative estimate of drug-likeness (QED) is 0.321. The third kappa shape index (κ3) is 7.11. The van der Waals surface area contributed by atoms with Crippen molar-refractivity contribution in [3.8, 4) is 0 Å². The zero-order valence-corrected chi connectivity index (χ0v) is 32.4. The summed E-state index contributed by atoms with van der Waals surface area (Å²) in [4.78, 5) is 14.1. The van der Waals surface area contributed by atoms with Crippen LogP contribution in [0.4, 0.5) is 0 Å². The number of aliphatic hydroxyl groups excluding tert-OH is 1. The van der Waals surface area contributed by atoms with Crippen molar-refractivity contribution in [3.05, 3.63) is 24.3 Å². The summed E-state index contributed by atoms with van der Waals surface area (Å²) < 4.78 is 58.9. The molecule has 21 atom stereocenters. The number of carbonyl (C=O) groups is 1. The Morgan fingerprint density at radius 2 is 1.59 bits per heavy atom. The second-order valence-electron chi connectivity index (χ2n) is 18.4. The molecule has 9 aliphatic heterocycles. The van der Waals surface area contributed by atoms with Crippen LogP contribution in [-0.2, 0) is 42.7 Å². The Bertz CT molecular complexity index is 1410. The SMILES string of the molecule is C=C1CC2OC1CC[C@H]1C[C@@H](C)C(=C)[C@@H](C[C@@H]3OC(CC(O)CN)[C@H](OC)C3CC(=O)CC3CC[C@@H]4OC5C6O[C@@H]7CC(C[C@@H]2C)C(OC6C4O3)[OH+]C57)O1. The van der Waals surface area contributed by atoms with Crippen LogP contribution in [0.1, 0.15) is 90.9 Å². The summed E-state index contributed by atoms with van der Waals surface area (Å²) in [7, 11) is 1.66. The molecule has 12 heteroatoms. The number of rotatable bonds is 4. The first-order valence-electron chi connectivity index (χ1n) is 21.1. The van der Waals surface area contributed by atoms with E-state index in [0.717, 1.165) is 56.9 Å². The standard InChI is InChI=1S/C42H63NO11/c1-19-11-26-6-8-29-21(3)12-31(49-29)20(2)10-23-13-34-38-39-41(52-34)40(54-42(23)53-38)37-30(51-39)9-7-27(48-37)14-24(44)15-28-33(17-32(47-26)22(19)4)50-35(36(28)46-5)16-25(45)18-43/h19-20,23,25-42,45H,3-4,6-18,43H2,1-2,5H3/p+1/t19-,20+,23?,25?,26+,27?,28?,29?,30+,31?,32-,33+,34-,35?,36-,37?,38?,39?,40?,41?,42?/m1/s1. The van der Waals surface area contributed by atoms with Crippen molar-refractivity contribution < 1.29 is 52.5 Å². The highest BCUT2D eigenvalue weighted by atomic mass is 16.7. The molecular formula is C42H64NO11+. The number of methoxy groups -OCH3 is 1. The second kappa shape index (κ2) is 15.5. The number of Topliss-reactive ketones (excluding diaryl/α,β-unsaturated/α-hetero) is 1. The van der Waals surface area contributed by atoms with E-state index < -0.39 is 12.2 Å². The molecule has 11 bridgehead atoms. The van der Waals surface area contributed by atoms with Gasteiger partial charge in [-0.3, -0.25) is 4.79 Å². The maximum absolute atomic E-state index is 14.1. The molecule has 9 heterocycles. The highest BCUT2D eigenvalue weighted by molar-refractivity contribution is 5.79. The number of fused-ring (bicyclic) bond motifs is 6. The van der Waals surface area contributed by atoms with Crippen LogP contribution in [0.2, 0.25) is 0 Å². The third-order valence-corrected chi connectivity index (χ3v) is 14.8. The maximum atomic E-state index is 14.1. The average Bonchev–Trinajstić information content (AvgIpc) is 3.77. The Labute approximate surface area is 320 Å². The number of carbonyl (C=O) groups excluding carboxylic acids is 1. The summed E-state index contributed by atoms with van der Waals surface area (Å²) in [6.45, 7) is 13.6. The van der Waals surface area contributed by atoms with E-state index in [1.807, 2.05) is 0 Å². The van der Waals surface area contributed by atoms with Gasteiger partial charge in [0.25, 0.3) is 6.29 Å². The fraction of sp³-hybridized carbons (Fsp3) is 0.881. The van der Waals surface area contributed by atoms with Gasteiger partial charge in [0.2, 0.25) is 6.10 Å². The normalized spacial score (nSPS) is 52.5. The van der Waals surface area contributed by atoms with Gasteiger partial charge in [-0.1, -0.05) is 27.0 Å². The predicted molar refractivity (Wildman–Crippen MR) is 196 cm³/mol. The van der Waals surface area contributed by atoms with Gasteiger partial charge in [0.15, 0.2) is 6.10 Å². The van der Waals surface area contributed by atoms with Crippen molar-refractivity contribution >= 4 is 5.78 Å². The lowest BCUT2D eigenvalue weighted by molar-refractivity contribution is -0.359. The number of ketones is 1. The van der Waals surface area contributed by atoms with Crippen LogP contribution in [-0.4, -0.2) is 133 Å². The van der Waals surface area contributed by atoms with Gasteiger partial charge >= 0.3 is 0 Å². The largest absolute Gasteiger partial charge is 0.403 e. The van der Waals surface area contributed by atoms with E-state index in [1.54, 1.807) is 7.11 Å². The molecule has 0 aromatic rings. The Hall–Kier alpha value is -1.29. The van der Waals surface area contributed by atoms with Gasteiger partial charge in [0.05, 0.1) is 67.0 Å². The molecule has 9 fully saturated rings. The third-order valence-electron chi connectivity index (χ3n) is 14.8. The molecule has 9 rings (SSSR count). The fourth-order valence-electron chi connectivity index (χ4n) is 11.8. The number of hydrogen-bond acceptors (Lipinski definition) is 11. The van der Waals surface area contributed by atoms with E-state index >= 15 is 0 Å². The van der Waals surface area contributed by atoms with Crippen LogP contribution in [0.5, 0.6) is 0 Å². The molecule has 0 amide bonds. The van der Waals surface area contributed by atoms with Gasteiger partial charge in [-0.2, -0.15) is 0 Å². The zero-order valence-electron chi connectivity index (χ0n) is 32.4. The van der Waals surface area contributed by atoms with E-state index in [1.165, 1.54) is 5.57 Å². The molecule has 302 valence electrons. The molecule has 12 nitrogen and oxygen atoms in total. The lowest BCUT2D eigenvalue weighted by Crippen LogP contribution is -2.61. The fourth-order valence-corrected chi connectivity index (χ4v) is 11.8. The predicted octanol–water partition coefficient (Wildman–Crippen LogP) is 3.44. The molecule has 0 aliphatic carbocycles. The molecule has 13 unspecified atom stereocenters. The van der Waals surface area contributed by atoms with E-state index in [2.05, 4.69) is 27.0 Å². The first-order chi connectivity index (χ1) is 26.1. The summed E-state index contributed by atoms with van der Waals surface area (Å²) in [6, 6.07) is 0. The van der Waals surface area contributed by atoms with Gasteiger partial charge in [0.1, 0.15) is 30.2 Å². The molecule has 54 heavy (non-hydrogen) atoms. The van der Waals surface area contributed by atoms with Gasteiger partial charge in [0, 0.05) is 45.3 Å². The van der Waals surface area contributed by atoms with Gasteiger partial charge < -0.3 is 53.5 Å². The minimum Gasteiger partial charge on any atom is -0.403 e. The zero-order chi connectivity index (χ0) is 37.4. The average molecular weight is 759 g/mol. The van der Waals surface area contributed by atoms with Crippen molar-refractivity contribution in [2.45, 2.75) is 195 Å². The first-order valence-corrected chi connectivity index (χ1v) is 21.1. The first kappa shape index (κ1) is 38.2. The molecule has 0 aromatic heterocycles. The molecule has 0 radical (unpaired) electrons. The number of aliphatic hydroxyl groups is 3. The Morgan fingerprint density at radius 1 is 0.796 bits per heavy atom. The number of nitrogens with two attached hydrogens (primary N) is 1. The Balaban J connectivity index is 0.993. The smallest absolute Gasteiger partial charge is 0.268 e. The molecular weight excluding hydrogens is 694 g/mol. The minimum absolute atomic E-state index is 0.00213. The van der Waals surface area contributed by atoms with E-state index in [9.17, 15) is 9.90 Å². The number of ether oxygens (including phenoxy) is 9. The summed E-state index contributed by atoms with van der Waals surface area (Å²) in [5, 5.41) is 10.6. The van der Waals surface area contributed by atoms with Crippen LogP contribution in [0.3, 0.4) is 0 Å². The van der Waals surface area contributed by atoms with Crippen LogP contribution in [0.15, 0.2) is 24.3 Å². The van der Waals surface area contributed by atoms with Gasteiger partial charge in [-0.25, -0.2) is 0 Å². The Morgan fingerprint density at radius 3 is 2.41 bits per heavy atom. The molecule has 0 saturated carbocycles. The highest BCUT2D eigenvalue weighted by Gasteiger charge is 2.67. The van der Waals surface area contributed by atoms with Gasteiger partial charge in [-0.05, 0) is 74.3 Å². The van der Waals surface area contributed by atoms with Crippen LogP contribution < -0.4 is 5.73 Å². The lowest BCUT2D eigenvalue weighted by atomic mass is 9.81. The van der Waals surface area contributed by atoms with Crippen molar-refractivity contribution in [2.75, 3.05) is 13.7 Å². The molecule has 9 aliphatic rings. The summed E-state index contributed by atoms with van der Waals surface area (Å²) in [5.41, 5.74) is 8.06. The second-order valence-corrected chi connectivity index (χ2v) is 18.4. The van der Waals surface area contributed by atoms with Crippen molar-refractivity contribution in [3.63, 3.8) is 0 Å². The monoisotopic (exact) mass is 758 g/mol. The summed E-state index contributed by atoms with van der Waals surface area (Å²) in [6.07, 6.45) is 4.88. The van der Waals surface area contributed by atoms with Crippen molar-refractivity contribution in [2.24, 2.45) is 29.4 Å². The van der Waals surface area contributed by atoms with Crippen LogP contribution in [0.25, 0.3) is 0 Å². The lowest BCUT2D eigenvalue weighted by Gasteiger charge is -2.46. The van der Waals surface area contributed by atoms with E-state index in [-0.39, 0.29) is 128 Å². The highest BCUT2D eigenvalue weighted by Crippen LogP contribution is 2.50. The Kier molecular flexibility index (Phi) is 11.0. The molecule has 0 spiro atoms. The van der Waals surface area contributed by atoms with Crippen LogP contribution in [0, 0.1) is 23.7 Å². The van der Waals surface area contributed by atoms with E-state index in [4.69, 9.17) is 48.4 Å². The van der Waals surface area contributed by atoms with Crippen molar-refractivity contribution in [1.29, 1.82) is 0 Å². The van der Waals surface area contributed by atoms with Crippen molar-refractivity contribution in [1.82, 2.24) is 0 Å². The molecule has 4 N–H and O–H groups in total. The summed E-state index contributed by atoms with van der Waals surface area (Å²) in [5.74, 6) is 0.690. The minimum atomic E-state index is -0.729.